The molecule has 35 heavy (non-hydrogen) atoms. The quantitative estimate of drug-likeness (QED) is 0.627. The molecule has 1 spiro atoms. The first-order valence-corrected chi connectivity index (χ1v) is 12.2. The number of anilines is 1. The van der Waals surface area contributed by atoms with Gasteiger partial charge in [0.05, 0.1) is 30.0 Å². The summed E-state index contributed by atoms with van der Waals surface area (Å²) in [6, 6.07) is 11.6. The molecule has 9 heteroatoms. The van der Waals surface area contributed by atoms with Gasteiger partial charge in [-0.15, -0.1) is 0 Å². The molecule has 1 atom stereocenters. The molecule has 1 saturated heterocycles. The van der Waals surface area contributed by atoms with E-state index in [1.54, 1.807) is 22.2 Å². The highest BCUT2D eigenvalue weighted by Crippen LogP contribution is 2.50. The SMILES string of the molecule is N#C[C@@H]1CCCN1C(=O)CN1C(=O)C2(CCC(Oc3cnc4[nH]ncc4c3)CC2)c2ccccc21. The van der Waals surface area contributed by atoms with Gasteiger partial charge in [-0.1, -0.05) is 18.2 Å². The minimum absolute atomic E-state index is 0.0107. The highest BCUT2D eigenvalue weighted by Gasteiger charge is 2.53. The monoisotopic (exact) mass is 470 g/mol. The molecule has 0 unspecified atom stereocenters. The molecule has 4 heterocycles. The molecule has 2 aromatic heterocycles. The lowest BCUT2D eigenvalue weighted by Gasteiger charge is -2.36. The molecule has 1 aromatic carbocycles. The van der Waals surface area contributed by atoms with Crippen LogP contribution in [0.25, 0.3) is 11.0 Å². The van der Waals surface area contributed by atoms with Crippen molar-refractivity contribution in [2.75, 3.05) is 18.0 Å². The highest BCUT2D eigenvalue weighted by atomic mass is 16.5. The summed E-state index contributed by atoms with van der Waals surface area (Å²) in [5.41, 5.74) is 1.89. The van der Waals surface area contributed by atoms with Crippen molar-refractivity contribution in [3.8, 4) is 11.8 Å². The fourth-order valence-corrected chi connectivity index (χ4v) is 5.94. The van der Waals surface area contributed by atoms with Gasteiger partial charge in [-0.2, -0.15) is 10.4 Å². The van der Waals surface area contributed by atoms with E-state index in [2.05, 4.69) is 21.3 Å². The number of aromatic amines is 1. The number of hydrogen-bond acceptors (Lipinski definition) is 6. The third-order valence-electron chi connectivity index (χ3n) is 7.74. The van der Waals surface area contributed by atoms with E-state index in [9.17, 15) is 14.9 Å². The summed E-state index contributed by atoms with van der Waals surface area (Å²) in [5, 5.41) is 17.1. The zero-order valence-corrected chi connectivity index (χ0v) is 19.3. The molecule has 2 fully saturated rings. The van der Waals surface area contributed by atoms with Crippen LogP contribution in [-0.4, -0.2) is 57.1 Å². The molecule has 0 radical (unpaired) electrons. The molecule has 1 N–H and O–H groups in total. The Balaban J connectivity index is 1.19. The van der Waals surface area contributed by atoms with Gasteiger partial charge < -0.3 is 14.5 Å². The van der Waals surface area contributed by atoms with Gasteiger partial charge in [-0.3, -0.25) is 14.7 Å². The summed E-state index contributed by atoms with van der Waals surface area (Å²) in [6.45, 7) is 0.552. The maximum absolute atomic E-state index is 13.9. The molecule has 178 valence electrons. The van der Waals surface area contributed by atoms with E-state index in [1.807, 2.05) is 30.3 Å². The smallest absolute Gasteiger partial charge is 0.243 e. The number of likely N-dealkylation sites (tertiary alicyclic amines) is 1. The van der Waals surface area contributed by atoms with Crippen molar-refractivity contribution in [1.82, 2.24) is 20.1 Å². The van der Waals surface area contributed by atoms with Gasteiger partial charge in [0.2, 0.25) is 11.8 Å². The van der Waals surface area contributed by atoms with Crippen LogP contribution in [0, 0.1) is 11.3 Å². The Morgan fingerprint density at radius 1 is 1.23 bits per heavy atom. The zero-order valence-electron chi connectivity index (χ0n) is 19.3. The van der Waals surface area contributed by atoms with Crippen LogP contribution < -0.4 is 9.64 Å². The maximum atomic E-state index is 13.9. The van der Waals surface area contributed by atoms with Gasteiger partial charge in [-0.25, -0.2) is 4.98 Å². The van der Waals surface area contributed by atoms with E-state index in [0.29, 0.717) is 31.6 Å². The van der Waals surface area contributed by atoms with Crippen LogP contribution >= 0.6 is 0 Å². The molecule has 0 bridgehead atoms. The van der Waals surface area contributed by atoms with E-state index in [-0.39, 0.29) is 24.5 Å². The Morgan fingerprint density at radius 3 is 2.89 bits per heavy atom. The molecule has 9 nitrogen and oxygen atoms in total. The number of nitriles is 1. The first-order chi connectivity index (χ1) is 17.1. The van der Waals surface area contributed by atoms with E-state index in [4.69, 9.17) is 4.74 Å². The largest absolute Gasteiger partial charge is 0.489 e. The number of H-pyrrole nitrogens is 1. The van der Waals surface area contributed by atoms with Crippen LogP contribution in [0.15, 0.2) is 42.7 Å². The summed E-state index contributed by atoms with van der Waals surface area (Å²) >= 11 is 0. The highest BCUT2D eigenvalue weighted by molar-refractivity contribution is 6.10. The molecule has 3 aliphatic rings. The minimum atomic E-state index is -0.636. The van der Waals surface area contributed by atoms with E-state index < -0.39 is 11.5 Å². The number of rotatable bonds is 4. The fraction of sp³-hybridized carbons (Fsp3) is 0.423. The number of hydrogen-bond donors (Lipinski definition) is 1. The van der Waals surface area contributed by atoms with Gasteiger partial charge in [0.1, 0.15) is 18.3 Å². The molecule has 1 saturated carbocycles. The van der Waals surface area contributed by atoms with Crippen molar-refractivity contribution in [3.05, 3.63) is 48.3 Å². The molecule has 2 amide bonds. The lowest BCUT2D eigenvalue weighted by Crippen LogP contribution is -2.48. The average Bonchev–Trinajstić information content (AvgIpc) is 3.60. The van der Waals surface area contributed by atoms with Crippen molar-refractivity contribution in [3.63, 3.8) is 0 Å². The Hall–Kier alpha value is -3.93. The predicted octanol–water partition coefficient (Wildman–Crippen LogP) is 3.08. The lowest BCUT2D eigenvalue weighted by molar-refractivity contribution is -0.132. The molecular weight excluding hydrogens is 444 g/mol. The summed E-state index contributed by atoms with van der Waals surface area (Å²) in [5.74, 6) is 0.524. The van der Waals surface area contributed by atoms with E-state index in [0.717, 1.165) is 41.5 Å². The van der Waals surface area contributed by atoms with Crippen molar-refractivity contribution in [2.45, 2.75) is 56.1 Å². The number of amides is 2. The second kappa shape index (κ2) is 8.38. The third kappa shape index (κ3) is 3.52. The number of nitrogens with zero attached hydrogens (tertiary/aromatic N) is 5. The van der Waals surface area contributed by atoms with Crippen molar-refractivity contribution >= 4 is 28.5 Å². The number of ether oxygens (including phenoxy) is 1. The molecule has 3 aromatic rings. The topological polar surface area (TPSA) is 115 Å². The maximum Gasteiger partial charge on any atom is 0.243 e. The van der Waals surface area contributed by atoms with Gasteiger partial charge in [0.25, 0.3) is 0 Å². The summed E-state index contributed by atoms with van der Waals surface area (Å²) in [4.78, 5) is 34.5. The second-order valence-corrected chi connectivity index (χ2v) is 9.66. The predicted molar refractivity (Wildman–Crippen MR) is 128 cm³/mol. The first-order valence-electron chi connectivity index (χ1n) is 12.2. The molecule has 1 aliphatic carbocycles. The minimum Gasteiger partial charge on any atom is -0.489 e. The number of pyridine rings is 1. The lowest BCUT2D eigenvalue weighted by atomic mass is 9.69. The Morgan fingerprint density at radius 2 is 2.06 bits per heavy atom. The van der Waals surface area contributed by atoms with Crippen LogP contribution in [0.5, 0.6) is 5.75 Å². The van der Waals surface area contributed by atoms with Gasteiger partial charge in [-0.05, 0) is 56.2 Å². The second-order valence-electron chi connectivity index (χ2n) is 9.66. The number of carbonyl (C=O) groups is 2. The number of para-hydroxylation sites is 1. The fourth-order valence-electron chi connectivity index (χ4n) is 5.94. The number of benzene rings is 1. The molecule has 2 aliphatic heterocycles. The van der Waals surface area contributed by atoms with Crippen molar-refractivity contribution in [2.24, 2.45) is 0 Å². The number of aromatic nitrogens is 3. The Labute approximate surface area is 202 Å². The van der Waals surface area contributed by atoms with Crippen LogP contribution in [0.3, 0.4) is 0 Å². The van der Waals surface area contributed by atoms with Crippen molar-refractivity contribution < 1.29 is 14.3 Å². The van der Waals surface area contributed by atoms with Crippen molar-refractivity contribution in [1.29, 1.82) is 5.26 Å². The molecular formula is C26H26N6O3. The number of carbonyl (C=O) groups excluding carboxylic acids is 2. The average molecular weight is 471 g/mol. The van der Waals surface area contributed by atoms with Crippen LogP contribution in [0.1, 0.15) is 44.1 Å². The van der Waals surface area contributed by atoms with Crippen LogP contribution in [-0.2, 0) is 15.0 Å². The van der Waals surface area contributed by atoms with Gasteiger partial charge >= 0.3 is 0 Å². The van der Waals surface area contributed by atoms with Gasteiger partial charge in [0.15, 0.2) is 5.65 Å². The zero-order chi connectivity index (χ0) is 24.0. The third-order valence-corrected chi connectivity index (χ3v) is 7.74. The Bertz CT molecular complexity index is 1340. The summed E-state index contributed by atoms with van der Waals surface area (Å²) in [6.07, 6.45) is 7.69. The van der Waals surface area contributed by atoms with Crippen LogP contribution in [0.4, 0.5) is 5.69 Å². The standard InChI is InChI=1S/C26H26N6O3/c27-13-18-4-3-11-31(18)23(33)16-32-22-6-2-1-5-21(22)26(25(32)34)9-7-19(8-10-26)35-20-12-17-14-29-30-24(17)28-15-20/h1-2,5-6,12,14-15,18-19H,3-4,7-11,16H2,(H,28,29,30)/t18-,19?,26?/m0/s1. The van der Waals surface area contributed by atoms with E-state index in [1.165, 1.54) is 0 Å². The van der Waals surface area contributed by atoms with E-state index >= 15 is 0 Å². The molecule has 6 rings (SSSR count). The van der Waals surface area contributed by atoms with Crippen LogP contribution in [0.2, 0.25) is 0 Å². The number of nitrogens with one attached hydrogen (secondary N) is 1. The first kappa shape index (κ1) is 21.6. The summed E-state index contributed by atoms with van der Waals surface area (Å²) < 4.78 is 6.22. The normalized spacial score (nSPS) is 25.7. The number of fused-ring (bicyclic) bond motifs is 3. The Kier molecular flexibility index (Phi) is 5.17. The van der Waals surface area contributed by atoms with Gasteiger partial charge in [0, 0.05) is 17.6 Å². The summed E-state index contributed by atoms with van der Waals surface area (Å²) in [7, 11) is 0.